The van der Waals surface area contributed by atoms with E-state index in [1.54, 1.807) is 6.08 Å². The molecule has 0 aromatic carbocycles. The highest BCUT2D eigenvalue weighted by molar-refractivity contribution is 5.76. The average molecular weight is 1040 g/mol. The molecule has 2 atom stereocenters. The van der Waals surface area contributed by atoms with Gasteiger partial charge in [0.25, 0.3) is 0 Å². The fourth-order valence-corrected chi connectivity index (χ4v) is 10.6. The van der Waals surface area contributed by atoms with E-state index in [1.807, 2.05) is 6.08 Å². The molecule has 0 aliphatic heterocycles. The number of aliphatic hydroxyl groups excluding tert-OH is 2. The van der Waals surface area contributed by atoms with Crippen molar-refractivity contribution in [3.63, 3.8) is 0 Å². The van der Waals surface area contributed by atoms with Crippen LogP contribution in [-0.4, -0.2) is 47.4 Å². The van der Waals surface area contributed by atoms with Crippen molar-refractivity contribution in [2.24, 2.45) is 0 Å². The van der Waals surface area contributed by atoms with Crippen molar-refractivity contribution in [2.75, 3.05) is 13.2 Å². The highest BCUT2D eigenvalue weighted by Crippen LogP contribution is 2.18. The maximum Gasteiger partial charge on any atom is 0.305 e. The number of nitrogens with one attached hydrogen (secondary N) is 1. The second-order valence-electron chi connectivity index (χ2n) is 23.2. The van der Waals surface area contributed by atoms with Crippen molar-refractivity contribution in [2.45, 2.75) is 386 Å². The SMILES string of the molecule is CCCCCCCCC/C=C/C(O)C(CO)NC(=O)CCCCCCCCCCCCCCCCCC/C=C\CCCCCCCCCCCCCCOC(=O)CCCCCCCCCCCCCCCCCC. The molecule has 0 aromatic rings. The summed E-state index contributed by atoms with van der Waals surface area (Å²) in [7, 11) is 0. The fraction of sp³-hybridized carbons (Fsp3) is 0.912. The van der Waals surface area contributed by atoms with Gasteiger partial charge in [0.15, 0.2) is 0 Å². The average Bonchev–Trinajstić information content (AvgIpc) is 3.40. The molecule has 0 aliphatic rings. The standard InChI is InChI=1S/C68H131NO5/c1-3-5-7-9-11-13-14-15-16-36-39-42-46-50-54-58-62-68(73)74-63-59-55-51-47-43-40-37-34-32-30-28-26-24-22-20-18-17-19-21-23-25-27-29-31-33-35-38-41-45-49-53-57-61-67(72)69-65(64-70)66(71)60-56-52-48-44-12-10-8-6-4-2/h20,22,56,60,65-66,70-71H,3-19,21,23-55,57-59,61-64H2,1-2H3,(H,69,72)/b22-20-,60-56+. The molecule has 6 heteroatoms. The highest BCUT2D eigenvalue weighted by atomic mass is 16.5. The first kappa shape index (κ1) is 72.3. The lowest BCUT2D eigenvalue weighted by molar-refractivity contribution is -0.143. The molecule has 0 aliphatic carbocycles. The van der Waals surface area contributed by atoms with Crippen LogP contribution in [0, 0.1) is 0 Å². The summed E-state index contributed by atoms with van der Waals surface area (Å²) in [5.74, 6) is -0.0450. The van der Waals surface area contributed by atoms with Gasteiger partial charge in [0.2, 0.25) is 5.91 Å². The van der Waals surface area contributed by atoms with Gasteiger partial charge in [0, 0.05) is 12.8 Å². The number of unbranched alkanes of at least 4 members (excludes halogenated alkanes) is 50. The van der Waals surface area contributed by atoms with Gasteiger partial charge < -0.3 is 20.3 Å². The number of allylic oxidation sites excluding steroid dienone is 3. The Morgan fingerprint density at radius 3 is 0.959 bits per heavy atom. The molecule has 0 saturated carbocycles. The molecule has 0 aromatic heterocycles. The van der Waals surface area contributed by atoms with Crippen LogP contribution in [0.3, 0.4) is 0 Å². The number of aliphatic hydroxyl groups is 2. The van der Waals surface area contributed by atoms with E-state index in [0.29, 0.717) is 19.4 Å². The van der Waals surface area contributed by atoms with Gasteiger partial charge in [0.1, 0.15) is 0 Å². The van der Waals surface area contributed by atoms with Gasteiger partial charge in [0.05, 0.1) is 25.4 Å². The van der Waals surface area contributed by atoms with Crippen LogP contribution >= 0.6 is 0 Å². The van der Waals surface area contributed by atoms with E-state index in [-0.39, 0.29) is 18.5 Å². The number of rotatable bonds is 63. The normalized spacial score (nSPS) is 12.6. The van der Waals surface area contributed by atoms with E-state index in [0.717, 1.165) is 38.5 Å². The van der Waals surface area contributed by atoms with Crippen molar-refractivity contribution in [1.82, 2.24) is 5.32 Å². The summed E-state index contributed by atoms with van der Waals surface area (Å²) in [6.45, 7) is 4.91. The van der Waals surface area contributed by atoms with Gasteiger partial charge in [-0.3, -0.25) is 9.59 Å². The first-order valence-corrected chi connectivity index (χ1v) is 33.6. The van der Waals surface area contributed by atoms with Crippen LogP contribution in [0.4, 0.5) is 0 Å². The number of carbonyl (C=O) groups excluding carboxylic acids is 2. The molecular weight excluding hydrogens is 911 g/mol. The molecule has 0 radical (unpaired) electrons. The predicted octanol–water partition coefficient (Wildman–Crippen LogP) is 21.4. The molecule has 2 unspecified atom stereocenters. The Morgan fingerprint density at radius 2 is 0.635 bits per heavy atom. The molecule has 74 heavy (non-hydrogen) atoms. The minimum Gasteiger partial charge on any atom is -0.466 e. The molecule has 438 valence electrons. The quantitative estimate of drug-likeness (QED) is 0.0320. The highest BCUT2D eigenvalue weighted by Gasteiger charge is 2.18. The topological polar surface area (TPSA) is 95.9 Å². The number of amides is 1. The van der Waals surface area contributed by atoms with E-state index >= 15 is 0 Å². The Hall–Kier alpha value is -1.66. The van der Waals surface area contributed by atoms with Crippen LogP contribution < -0.4 is 5.32 Å². The van der Waals surface area contributed by atoms with Gasteiger partial charge in [-0.2, -0.15) is 0 Å². The number of ether oxygens (including phenoxy) is 1. The molecule has 6 nitrogen and oxygen atoms in total. The third-order valence-electron chi connectivity index (χ3n) is 15.7. The van der Waals surface area contributed by atoms with Gasteiger partial charge in [-0.25, -0.2) is 0 Å². The van der Waals surface area contributed by atoms with Gasteiger partial charge >= 0.3 is 5.97 Å². The number of esters is 1. The van der Waals surface area contributed by atoms with E-state index in [1.165, 1.54) is 308 Å². The Balaban J connectivity index is 3.32. The maximum atomic E-state index is 12.4. The van der Waals surface area contributed by atoms with Crippen LogP contribution in [0.15, 0.2) is 24.3 Å². The maximum absolute atomic E-state index is 12.4. The summed E-state index contributed by atoms with van der Waals surface area (Å²) in [6, 6.07) is -0.623. The monoisotopic (exact) mass is 1040 g/mol. The number of carbonyl (C=O) groups is 2. The third kappa shape index (κ3) is 59.6. The van der Waals surface area contributed by atoms with Crippen molar-refractivity contribution in [3.8, 4) is 0 Å². The lowest BCUT2D eigenvalue weighted by atomic mass is 10.0. The van der Waals surface area contributed by atoms with Crippen molar-refractivity contribution >= 4 is 11.9 Å². The second kappa shape index (κ2) is 63.9. The molecule has 1 amide bonds. The summed E-state index contributed by atoms with van der Waals surface area (Å²) in [5, 5.41) is 23.0. The van der Waals surface area contributed by atoms with Crippen LogP contribution in [0.1, 0.15) is 373 Å². The Bertz CT molecular complexity index is 1150. The molecular formula is C68H131NO5. The molecule has 0 spiro atoms. The summed E-state index contributed by atoms with van der Waals surface area (Å²) in [5.41, 5.74) is 0. The van der Waals surface area contributed by atoms with Crippen LogP contribution in [0.5, 0.6) is 0 Å². The molecule has 0 rings (SSSR count). The second-order valence-corrected chi connectivity index (χ2v) is 23.2. The Morgan fingerprint density at radius 1 is 0.365 bits per heavy atom. The fourth-order valence-electron chi connectivity index (χ4n) is 10.6. The molecule has 0 saturated heterocycles. The van der Waals surface area contributed by atoms with Crippen LogP contribution in [-0.2, 0) is 14.3 Å². The summed E-state index contributed by atoms with van der Waals surface area (Å²) < 4.78 is 5.50. The summed E-state index contributed by atoms with van der Waals surface area (Å²) >= 11 is 0. The summed E-state index contributed by atoms with van der Waals surface area (Å²) in [6.07, 6.45) is 79.8. The van der Waals surface area contributed by atoms with E-state index in [4.69, 9.17) is 4.74 Å². The molecule has 0 bridgehead atoms. The largest absolute Gasteiger partial charge is 0.466 e. The summed E-state index contributed by atoms with van der Waals surface area (Å²) in [4.78, 5) is 24.5. The Kier molecular flexibility index (Phi) is 62.4. The lowest BCUT2D eigenvalue weighted by Gasteiger charge is -2.20. The van der Waals surface area contributed by atoms with Gasteiger partial charge in [-0.15, -0.1) is 0 Å². The lowest BCUT2D eigenvalue weighted by Crippen LogP contribution is -2.45. The van der Waals surface area contributed by atoms with Crippen molar-refractivity contribution < 1.29 is 24.5 Å². The third-order valence-corrected chi connectivity index (χ3v) is 15.7. The number of hydrogen-bond donors (Lipinski definition) is 3. The van der Waals surface area contributed by atoms with Crippen LogP contribution in [0.2, 0.25) is 0 Å². The zero-order valence-electron chi connectivity index (χ0n) is 50.1. The van der Waals surface area contributed by atoms with E-state index in [9.17, 15) is 19.8 Å². The van der Waals surface area contributed by atoms with Crippen molar-refractivity contribution in [3.05, 3.63) is 24.3 Å². The van der Waals surface area contributed by atoms with E-state index < -0.39 is 12.1 Å². The molecule has 0 heterocycles. The Labute approximate surface area is 462 Å². The van der Waals surface area contributed by atoms with Gasteiger partial charge in [-0.05, 0) is 57.8 Å². The zero-order chi connectivity index (χ0) is 53.6. The van der Waals surface area contributed by atoms with Gasteiger partial charge in [-0.1, -0.05) is 327 Å². The predicted molar refractivity (Wildman–Crippen MR) is 324 cm³/mol. The van der Waals surface area contributed by atoms with Crippen molar-refractivity contribution in [1.29, 1.82) is 0 Å². The minimum absolute atomic E-state index is 0.0218. The molecule has 3 N–H and O–H groups in total. The zero-order valence-corrected chi connectivity index (χ0v) is 50.1. The number of hydrogen-bond acceptors (Lipinski definition) is 5. The molecule has 0 fully saturated rings. The van der Waals surface area contributed by atoms with E-state index in [2.05, 4.69) is 31.3 Å². The first-order valence-electron chi connectivity index (χ1n) is 33.6. The minimum atomic E-state index is -0.840. The smallest absolute Gasteiger partial charge is 0.305 e. The first-order chi connectivity index (χ1) is 36.5. The van der Waals surface area contributed by atoms with Crippen LogP contribution in [0.25, 0.3) is 0 Å².